The molecule has 0 fully saturated rings. The first-order chi connectivity index (χ1) is 15.5. The van der Waals surface area contributed by atoms with E-state index in [4.69, 9.17) is 4.74 Å². The highest BCUT2D eigenvalue weighted by molar-refractivity contribution is 5.88. The van der Waals surface area contributed by atoms with Crippen LogP contribution >= 0.6 is 0 Å². The van der Waals surface area contributed by atoms with Crippen LogP contribution in [0.2, 0.25) is 0 Å². The average Bonchev–Trinajstić information content (AvgIpc) is 2.82. The molecule has 166 valence electrons. The summed E-state index contributed by atoms with van der Waals surface area (Å²) in [5.74, 6) is 0.413. The molecule has 0 saturated heterocycles. The number of phenolic OH excluding ortho intramolecular Hbond substituents is 1. The molecule has 0 atom stereocenters. The summed E-state index contributed by atoms with van der Waals surface area (Å²) in [5, 5.41) is 22.0. The molecule has 0 aliphatic rings. The molecule has 0 aromatic heterocycles. The molecule has 0 aliphatic heterocycles. The van der Waals surface area contributed by atoms with Crippen molar-refractivity contribution < 1.29 is 14.8 Å². The van der Waals surface area contributed by atoms with Gasteiger partial charge >= 0.3 is 0 Å². The van der Waals surface area contributed by atoms with E-state index in [9.17, 15) is 15.2 Å². The number of hydrogen-bond donors (Lipinski definition) is 1. The van der Waals surface area contributed by atoms with Crippen LogP contribution in [0, 0.1) is 10.1 Å². The lowest BCUT2D eigenvalue weighted by Crippen LogP contribution is -2.00. The summed E-state index contributed by atoms with van der Waals surface area (Å²) in [6.45, 7) is 8.00. The zero-order chi connectivity index (χ0) is 23.5. The minimum Gasteiger partial charge on any atom is -0.508 e. The maximum atomic E-state index is 12.1. The van der Waals surface area contributed by atoms with Crippen LogP contribution in [0.15, 0.2) is 85.0 Å². The number of ether oxygens (including phenoxy) is 1. The highest BCUT2D eigenvalue weighted by atomic mass is 16.6. The Balaban J connectivity index is 0.00000176. The third-order valence-corrected chi connectivity index (χ3v) is 4.68. The molecule has 0 unspecified atom stereocenters. The molecular formula is C27H29NO4. The number of phenols is 1. The zero-order valence-electron chi connectivity index (χ0n) is 18.9. The van der Waals surface area contributed by atoms with E-state index in [-0.39, 0.29) is 23.0 Å². The fraction of sp³-hybridized carbons (Fsp3) is 0.185. The molecule has 0 spiro atoms. The summed E-state index contributed by atoms with van der Waals surface area (Å²) >= 11 is 0. The number of benzene rings is 3. The normalized spacial score (nSPS) is 11.1. The Kier molecular flexibility index (Phi) is 9.23. The summed E-state index contributed by atoms with van der Waals surface area (Å²) in [6.07, 6.45) is 5.53. The first-order valence-electron chi connectivity index (χ1n) is 10.6. The van der Waals surface area contributed by atoms with E-state index in [2.05, 4.69) is 0 Å². The van der Waals surface area contributed by atoms with Crippen molar-refractivity contribution in [3.63, 3.8) is 0 Å². The second-order valence-corrected chi connectivity index (χ2v) is 6.66. The van der Waals surface area contributed by atoms with E-state index in [1.54, 1.807) is 24.3 Å². The van der Waals surface area contributed by atoms with Gasteiger partial charge in [0.05, 0.1) is 16.1 Å². The van der Waals surface area contributed by atoms with Gasteiger partial charge in [-0.25, -0.2) is 0 Å². The second kappa shape index (κ2) is 12.1. The molecule has 1 N–H and O–H groups in total. The van der Waals surface area contributed by atoms with Crippen molar-refractivity contribution in [1.82, 2.24) is 0 Å². The molecule has 3 aromatic rings. The number of nitro groups is 1. The highest BCUT2D eigenvalue weighted by Gasteiger charge is 2.24. The number of nitrogens with zero attached hydrogens (tertiary/aromatic N) is 1. The van der Waals surface area contributed by atoms with Crippen LogP contribution in [0.4, 0.5) is 5.69 Å². The number of nitro benzene ring substituents is 1. The van der Waals surface area contributed by atoms with E-state index >= 15 is 0 Å². The van der Waals surface area contributed by atoms with Gasteiger partial charge in [0.1, 0.15) is 18.1 Å². The monoisotopic (exact) mass is 431 g/mol. The maximum Gasteiger partial charge on any atom is 0.285 e. The van der Waals surface area contributed by atoms with Crippen LogP contribution in [0.3, 0.4) is 0 Å². The lowest BCUT2D eigenvalue weighted by molar-refractivity contribution is -0.384. The Morgan fingerprint density at radius 2 is 1.72 bits per heavy atom. The third-order valence-electron chi connectivity index (χ3n) is 4.68. The van der Waals surface area contributed by atoms with Gasteiger partial charge in [-0.2, -0.15) is 0 Å². The molecule has 0 aliphatic carbocycles. The summed E-state index contributed by atoms with van der Waals surface area (Å²) in [7, 11) is 0. The highest BCUT2D eigenvalue weighted by Crippen LogP contribution is 2.42. The van der Waals surface area contributed by atoms with Crippen molar-refractivity contribution in [2.24, 2.45) is 0 Å². The van der Waals surface area contributed by atoms with Gasteiger partial charge in [-0.3, -0.25) is 10.1 Å². The van der Waals surface area contributed by atoms with Crippen LogP contribution in [0.25, 0.3) is 16.7 Å². The van der Waals surface area contributed by atoms with E-state index < -0.39 is 0 Å². The molecule has 5 heteroatoms. The van der Waals surface area contributed by atoms with Gasteiger partial charge in [0.2, 0.25) is 0 Å². The molecule has 0 saturated carbocycles. The number of para-hydroxylation sites is 1. The van der Waals surface area contributed by atoms with Gasteiger partial charge in [-0.15, -0.1) is 0 Å². The smallest absolute Gasteiger partial charge is 0.285 e. The largest absolute Gasteiger partial charge is 0.508 e. The van der Waals surface area contributed by atoms with Gasteiger partial charge in [-0.05, 0) is 49.2 Å². The number of allylic oxidation sites excluding steroid dienone is 4. The average molecular weight is 432 g/mol. The summed E-state index contributed by atoms with van der Waals surface area (Å²) < 4.78 is 5.96. The second-order valence-electron chi connectivity index (χ2n) is 6.66. The molecule has 0 radical (unpaired) electrons. The van der Waals surface area contributed by atoms with E-state index in [1.807, 2.05) is 76.3 Å². The van der Waals surface area contributed by atoms with E-state index in [0.29, 0.717) is 22.4 Å². The lowest BCUT2D eigenvalue weighted by atomic mass is 9.95. The predicted octanol–water partition coefficient (Wildman–Crippen LogP) is 7.55. The Hall–Kier alpha value is -3.86. The first kappa shape index (κ1) is 24.4. The molecule has 0 amide bonds. The quantitative estimate of drug-likeness (QED) is 0.238. The van der Waals surface area contributed by atoms with Crippen molar-refractivity contribution in [1.29, 1.82) is 0 Å². The van der Waals surface area contributed by atoms with E-state index in [1.165, 1.54) is 12.1 Å². The Morgan fingerprint density at radius 1 is 1.00 bits per heavy atom. The minimum atomic E-state index is -0.370. The van der Waals surface area contributed by atoms with Crippen molar-refractivity contribution in [2.75, 3.05) is 0 Å². The molecule has 3 aromatic carbocycles. The van der Waals surface area contributed by atoms with Crippen LogP contribution in [-0.4, -0.2) is 10.0 Å². The van der Waals surface area contributed by atoms with Crippen LogP contribution < -0.4 is 4.74 Å². The van der Waals surface area contributed by atoms with Gasteiger partial charge in [0.25, 0.3) is 5.69 Å². The third kappa shape index (κ3) is 5.85. The van der Waals surface area contributed by atoms with Gasteiger partial charge in [-0.1, -0.05) is 68.5 Å². The van der Waals surface area contributed by atoms with Gasteiger partial charge in [0, 0.05) is 11.6 Å². The fourth-order valence-corrected chi connectivity index (χ4v) is 3.30. The van der Waals surface area contributed by atoms with Crippen molar-refractivity contribution in [3.8, 4) is 22.6 Å². The molecule has 5 nitrogen and oxygen atoms in total. The number of hydrogen-bond acceptors (Lipinski definition) is 4. The predicted molar refractivity (Wildman–Crippen MR) is 131 cm³/mol. The van der Waals surface area contributed by atoms with Crippen molar-refractivity contribution in [3.05, 3.63) is 106 Å². The van der Waals surface area contributed by atoms with Crippen molar-refractivity contribution in [2.45, 2.75) is 34.3 Å². The Morgan fingerprint density at radius 3 is 2.34 bits per heavy atom. The SMILES string of the molecule is C/C=C\C(=C/C)c1cccc(-c2ccc(O)cc2OCc2ccccc2)c1[N+](=O)[O-].CC. The van der Waals surface area contributed by atoms with Gasteiger partial charge < -0.3 is 9.84 Å². The Bertz CT molecular complexity index is 1100. The molecule has 0 heterocycles. The van der Waals surface area contributed by atoms with Crippen LogP contribution in [-0.2, 0) is 6.61 Å². The minimum absolute atomic E-state index is 0.000971. The summed E-state index contributed by atoms with van der Waals surface area (Å²) in [5.41, 5.74) is 3.23. The molecule has 0 bridgehead atoms. The van der Waals surface area contributed by atoms with E-state index in [0.717, 1.165) is 11.1 Å². The Labute approximate surface area is 189 Å². The van der Waals surface area contributed by atoms with Gasteiger partial charge in [0.15, 0.2) is 0 Å². The molecule has 3 rings (SSSR count). The topological polar surface area (TPSA) is 72.6 Å². The zero-order valence-corrected chi connectivity index (χ0v) is 18.9. The number of rotatable bonds is 7. The summed E-state index contributed by atoms with van der Waals surface area (Å²) in [6, 6.07) is 19.5. The standard InChI is InChI=1S/C25H23NO4.C2H6/c1-3-9-19(4-2)21-12-8-13-23(25(21)26(28)29)22-15-14-20(27)16-24(22)30-17-18-10-6-5-7-11-18;1-2/h3-16,27H,17H2,1-2H3;1-2H3/b9-3-,19-4+;. The molecular weight excluding hydrogens is 402 g/mol. The van der Waals surface area contributed by atoms with Crippen LogP contribution in [0.5, 0.6) is 11.5 Å². The summed E-state index contributed by atoms with van der Waals surface area (Å²) in [4.78, 5) is 11.7. The van der Waals surface area contributed by atoms with Crippen LogP contribution in [0.1, 0.15) is 38.8 Å². The fourth-order valence-electron chi connectivity index (χ4n) is 3.30. The number of aromatic hydroxyl groups is 1. The molecule has 32 heavy (non-hydrogen) atoms. The lowest BCUT2D eigenvalue weighted by Gasteiger charge is -2.14. The van der Waals surface area contributed by atoms with Crippen molar-refractivity contribution >= 4 is 11.3 Å². The maximum absolute atomic E-state index is 12.1. The first-order valence-corrected chi connectivity index (χ1v) is 10.6.